The SMILES string of the molecule is CCOC(=O)c1ccc(CC2CCCCC2)c(NCc2ccc(OC(C)=O)cc2)c1. The van der Waals surface area contributed by atoms with Crippen LogP contribution in [0.25, 0.3) is 0 Å². The fourth-order valence-electron chi connectivity index (χ4n) is 4.00. The van der Waals surface area contributed by atoms with Crippen LogP contribution in [0.4, 0.5) is 5.69 Å². The number of anilines is 1. The largest absolute Gasteiger partial charge is 0.462 e. The molecule has 1 aliphatic rings. The van der Waals surface area contributed by atoms with E-state index in [0.717, 1.165) is 17.7 Å². The van der Waals surface area contributed by atoms with Crippen molar-refractivity contribution in [2.24, 2.45) is 5.92 Å². The Morgan fingerprint density at radius 1 is 1.03 bits per heavy atom. The second-order valence-corrected chi connectivity index (χ2v) is 7.89. The Kier molecular flexibility index (Phi) is 7.89. The number of carbonyl (C=O) groups is 2. The lowest BCUT2D eigenvalue weighted by atomic mass is 9.84. The number of nitrogens with one attached hydrogen (secondary N) is 1. The molecule has 3 rings (SSSR count). The van der Waals surface area contributed by atoms with Crippen molar-refractivity contribution in [3.8, 4) is 5.75 Å². The molecule has 0 atom stereocenters. The third-order valence-corrected chi connectivity index (χ3v) is 5.52. The van der Waals surface area contributed by atoms with E-state index in [2.05, 4.69) is 11.4 Å². The normalized spacial score (nSPS) is 14.2. The van der Waals surface area contributed by atoms with Crippen LogP contribution in [-0.2, 0) is 22.5 Å². The average molecular weight is 410 g/mol. The molecule has 0 aliphatic heterocycles. The van der Waals surface area contributed by atoms with Gasteiger partial charge in [-0.05, 0) is 54.7 Å². The molecule has 1 saturated carbocycles. The Morgan fingerprint density at radius 2 is 1.77 bits per heavy atom. The molecule has 1 fully saturated rings. The first kappa shape index (κ1) is 21.9. The molecule has 0 unspecified atom stereocenters. The van der Waals surface area contributed by atoms with Crippen LogP contribution >= 0.6 is 0 Å². The monoisotopic (exact) mass is 409 g/mol. The standard InChI is InChI=1S/C25H31NO4/c1-3-29-25(28)22-12-11-21(15-19-7-5-4-6-8-19)24(16-22)26-17-20-9-13-23(14-10-20)30-18(2)27/h9-14,16,19,26H,3-8,15,17H2,1-2H3. The van der Waals surface area contributed by atoms with Crippen molar-refractivity contribution in [2.45, 2.75) is 58.9 Å². The number of hydrogen-bond acceptors (Lipinski definition) is 5. The topological polar surface area (TPSA) is 64.6 Å². The molecule has 5 nitrogen and oxygen atoms in total. The molecule has 30 heavy (non-hydrogen) atoms. The zero-order valence-electron chi connectivity index (χ0n) is 17.9. The van der Waals surface area contributed by atoms with Crippen LogP contribution in [0.5, 0.6) is 5.75 Å². The summed E-state index contributed by atoms with van der Waals surface area (Å²) in [7, 11) is 0. The molecule has 1 aliphatic carbocycles. The van der Waals surface area contributed by atoms with Crippen molar-refractivity contribution < 1.29 is 19.1 Å². The van der Waals surface area contributed by atoms with Gasteiger partial charge in [0.1, 0.15) is 5.75 Å². The number of esters is 2. The summed E-state index contributed by atoms with van der Waals surface area (Å²) < 4.78 is 10.3. The third kappa shape index (κ3) is 6.34. The molecule has 2 aromatic rings. The number of carbonyl (C=O) groups excluding carboxylic acids is 2. The maximum Gasteiger partial charge on any atom is 0.338 e. The number of rotatable bonds is 8. The average Bonchev–Trinajstić information content (AvgIpc) is 2.74. The number of hydrogen-bond donors (Lipinski definition) is 1. The van der Waals surface area contributed by atoms with E-state index in [4.69, 9.17) is 9.47 Å². The minimum atomic E-state index is -0.330. The summed E-state index contributed by atoms with van der Waals surface area (Å²) in [4.78, 5) is 23.3. The molecule has 5 heteroatoms. The Labute approximate surface area is 178 Å². The molecule has 2 aromatic carbocycles. The van der Waals surface area contributed by atoms with Crippen LogP contribution in [0.2, 0.25) is 0 Å². The fraction of sp³-hybridized carbons (Fsp3) is 0.440. The third-order valence-electron chi connectivity index (χ3n) is 5.52. The van der Waals surface area contributed by atoms with Crippen LogP contribution in [-0.4, -0.2) is 18.5 Å². The van der Waals surface area contributed by atoms with E-state index in [1.165, 1.54) is 44.6 Å². The highest BCUT2D eigenvalue weighted by atomic mass is 16.5. The van der Waals surface area contributed by atoms with Crippen molar-refractivity contribution in [3.05, 3.63) is 59.2 Å². The fourth-order valence-corrected chi connectivity index (χ4v) is 4.00. The van der Waals surface area contributed by atoms with Crippen LogP contribution in [0, 0.1) is 5.92 Å². The molecule has 0 saturated heterocycles. The Balaban J connectivity index is 1.74. The van der Waals surface area contributed by atoms with Gasteiger partial charge in [-0.15, -0.1) is 0 Å². The lowest BCUT2D eigenvalue weighted by molar-refractivity contribution is -0.131. The molecule has 0 bridgehead atoms. The van der Waals surface area contributed by atoms with Gasteiger partial charge in [-0.2, -0.15) is 0 Å². The summed E-state index contributed by atoms with van der Waals surface area (Å²) in [5.74, 6) is 0.615. The molecule has 0 heterocycles. The van der Waals surface area contributed by atoms with E-state index in [0.29, 0.717) is 30.4 Å². The Morgan fingerprint density at radius 3 is 2.43 bits per heavy atom. The minimum absolute atomic E-state index is 0.296. The summed E-state index contributed by atoms with van der Waals surface area (Å²) in [6, 6.07) is 13.3. The number of ether oxygens (including phenoxy) is 2. The van der Waals surface area contributed by atoms with Crippen molar-refractivity contribution in [1.29, 1.82) is 0 Å². The molecule has 1 N–H and O–H groups in total. The van der Waals surface area contributed by atoms with Crippen molar-refractivity contribution >= 4 is 17.6 Å². The first-order chi connectivity index (χ1) is 14.5. The smallest absolute Gasteiger partial charge is 0.338 e. The maximum absolute atomic E-state index is 12.2. The first-order valence-corrected chi connectivity index (χ1v) is 10.9. The molecular formula is C25H31NO4. The molecule has 0 spiro atoms. The first-order valence-electron chi connectivity index (χ1n) is 10.9. The van der Waals surface area contributed by atoms with Gasteiger partial charge in [-0.25, -0.2) is 4.79 Å². The lowest BCUT2D eigenvalue weighted by Crippen LogP contribution is -2.12. The van der Waals surface area contributed by atoms with Crippen LogP contribution in [0.3, 0.4) is 0 Å². The van der Waals surface area contributed by atoms with Crippen molar-refractivity contribution in [2.75, 3.05) is 11.9 Å². The predicted octanol–water partition coefficient (Wildman–Crippen LogP) is 5.52. The Bertz CT molecular complexity index is 854. The zero-order chi connectivity index (χ0) is 21.3. The molecular weight excluding hydrogens is 378 g/mol. The summed E-state index contributed by atoms with van der Waals surface area (Å²) >= 11 is 0. The summed E-state index contributed by atoms with van der Waals surface area (Å²) in [5.41, 5.74) is 3.86. The highest BCUT2D eigenvalue weighted by molar-refractivity contribution is 5.90. The van der Waals surface area contributed by atoms with E-state index in [9.17, 15) is 9.59 Å². The Hall–Kier alpha value is -2.82. The second kappa shape index (κ2) is 10.8. The van der Waals surface area contributed by atoms with Gasteiger partial charge in [0.15, 0.2) is 0 Å². The van der Waals surface area contributed by atoms with Crippen LogP contribution < -0.4 is 10.1 Å². The van der Waals surface area contributed by atoms with Gasteiger partial charge in [0.05, 0.1) is 12.2 Å². The molecule has 0 aromatic heterocycles. The van der Waals surface area contributed by atoms with E-state index in [1.54, 1.807) is 12.1 Å². The van der Waals surface area contributed by atoms with E-state index >= 15 is 0 Å². The zero-order valence-corrected chi connectivity index (χ0v) is 17.9. The van der Waals surface area contributed by atoms with Crippen LogP contribution in [0.15, 0.2) is 42.5 Å². The van der Waals surface area contributed by atoms with Gasteiger partial charge < -0.3 is 14.8 Å². The van der Waals surface area contributed by atoms with Crippen molar-refractivity contribution in [1.82, 2.24) is 0 Å². The van der Waals surface area contributed by atoms with Gasteiger partial charge in [0, 0.05) is 19.2 Å². The van der Waals surface area contributed by atoms with E-state index in [1.807, 2.05) is 31.2 Å². The van der Waals surface area contributed by atoms with Gasteiger partial charge in [0.25, 0.3) is 0 Å². The summed E-state index contributed by atoms with van der Waals surface area (Å²) in [5, 5.41) is 3.50. The highest BCUT2D eigenvalue weighted by Gasteiger charge is 2.17. The van der Waals surface area contributed by atoms with Gasteiger partial charge in [0.2, 0.25) is 0 Å². The molecule has 160 valence electrons. The van der Waals surface area contributed by atoms with E-state index < -0.39 is 0 Å². The molecule has 0 radical (unpaired) electrons. The molecule has 0 amide bonds. The van der Waals surface area contributed by atoms with Gasteiger partial charge >= 0.3 is 11.9 Å². The van der Waals surface area contributed by atoms with Gasteiger partial charge in [-0.1, -0.05) is 50.3 Å². The minimum Gasteiger partial charge on any atom is -0.462 e. The van der Waals surface area contributed by atoms with Gasteiger partial charge in [-0.3, -0.25) is 4.79 Å². The summed E-state index contributed by atoms with van der Waals surface area (Å²) in [6.45, 7) is 4.18. The predicted molar refractivity (Wildman–Crippen MR) is 118 cm³/mol. The quantitative estimate of drug-likeness (QED) is 0.459. The van der Waals surface area contributed by atoms with Crippen molar-refractivity contribution in [3.63, 3.8) is 0 Å². The number of benzene rings is 2. The maximum atomic E-state index is 12.2. The van der Waals surface area contributed by atoms with E-state index in [-0.39, 0.29) is 11.9 Å². The highest BCUT2D eigenvalue weighted by Crippen LogP contribution is 2.30. The second-order valence-electron chi connectivity index (χ2n) is 7.89. The lowest BCUT2D eigenvalue weighted by Gasteiger charge is -2.23. The summed E-state index contributed by atoms with van der Waals surface area (Å²) in [6.07, 6.45) is 7.53. The van der Waals surface area contributed by atoms with Crippen LogP contribution in [0.1, 0.15) is 67.4 Å².